The summed E-state index contributed by atoms with van der Waals surface area (Å²) in [5.74, 6) is 0.149. The molecule has 45 heavy (non-hydrogen) atoms. The largest absolute Gasteiger partial charge is 0.479 e. The summed E-state index contributed by atoms with van der Waals surface area (Å²) in [6, 6.07) is 11.4. The fraction of sp³-hybridized carbons (Fsp3) is 0.467. The average Bonchev–Trinajstić information content (AvgIpc) is 3.52. The number of aliphatic hydroxyl groups is 1. The number of carbonyl (C=O) groups is 1. The molecule has 0 aliphatic carbocycles. The van der Waals surface area contributed by atoms with E-state index in [0.717, 1.165) is 11.8 Å². The average molecular weight is 646 g/mol. The standard InChI is InChI=1S/C30H37FN5O8P/c1-6-7-15-41-28(37)18(2)35-45(39,44-22-14-10-12-20-11-8-9-13-21(20)22)42-16-23-25(31)30(4,38)29(43-23)36-17-32-24-26(36)33-19(3)34-27(24)40-5/h8-14,17-18,23,25,29,38H,6-7,15-16H2,1-5H3,(H,35,39)/t18-,23+,25+,29+,30+,45?/m0/s1. The van der Waals surface area contributed by atoms with Gasteiger partial charge in [0.1, 0.15) is 29.3 Å². The lowest BCUT2D eigenvalue weighted by atomic mass is 9.98. The molecule has 2 aromatic carbocycles. The molecule has 0 spiro atoms. The Kier molecular flexibility index (Phi) is 9.71. The Bertz CT molecular complexity index is 1710. The number of esters is 1. The van der Waals surface area contributed by atoms with Crippen LogP contribution in [0, 0.1) is 6.92 Å². The van der Waals surface area contributed by atoms with Crippen LogP contribution in [-0.2, 0) is 23.4 Å². The molecule has 0 radical (unpaired) electrons. The third-order valence-electron chi connectivity index (χ3n) is 7.46. The van der Waals surface area contributed by atoms with Gasteiger partial charge in [-0.2, -0.15) is 10.1 Å². The van der Waals surface area contributed by atoms with Crippen molar-refractivity contribution >= 4 is 35.7 Å². The topological polar surface area (TPSA) is 156 Å². The molecule has 2 N–H and O–H groups in total. The van der Waals surface area contributed by atoms with Gasteiger partial charge < -0.3 is 23.8 Å². The normalized spacial score (nSPS) is 23.6. The van der Waals surface area contributed by atoms with Gasteiger partial charge in [0.25, 0.3) is 0 Å². The van der Waals surface area contributed by atoms with E-state index in [1.54, 1.807) is 31.2 Å². The van der Waals surface area contributed by atoms with Gasteiger partial charge in [-0.1, -0.05) is 49.7 Å². The zero-order chi connectivity index (χ0) is 32.4. The van der Waals surface area contributed by atoms with Crippen molar-refractivity contribution in [2.45, 2.75) is 70.7 Å². The van der Waals surface area contributed by atoms with Gasteiger partial charge in [0.05, 0.1) is 26.7 Å². The summed E-state index contributed by atoms with van der Waals surface area (Å²) < 4.78 is 59.7. The van der Waals surface area contributed by atoms with E-state index in [4.69, 9.17) is 23.3 Å². The number of hydrogen-bond donors (Lipinski definition) is 2. The lowest BCUT2D eigenvalue weighted by molar-refractivity contribution is -0.145. The highest BCUT2D eigenvalue weighted by molar-refractivity contribution is 7.52. The van der Waals surface area contributed by atoms with Gasteiger partial charge >= 0.3 is 13.7 Å². The van der Waals surface area contributed by atoms with Crippen molar-refractivity contribution in [1.82, 2.24) is 24.6 Å². The molecule has 5 rings (SSSR count). The van der Waals surface area contributed by atoms with Crippen LogP contribution in [0.15, 0.2) is 48.8 Å². The molecule has 0 bridgehead atoms. The Hall–Kier alpha value is -3.68. The fourth-order valence-corrected chi connectivity index (χ4v) is 6.58. The smallest absolute Gasteiger partial charge is 0.459 e. The summed E-state index contributed by atoms with van der Waals surface area (Å²) in [4.78, 5) is 25.5. The highest BCUT2D eigenvalue weighted by Crippen LogP contribution is 2.49. The molecular weight excluding hydrogens is 608 g/mol. The molecule has 1 unspecified atom stereocenters. The van der Waals surface area contributed by atoms with E-state index in [1.165, 1.54) is 31.9 Å². The number of rotatable bonds is 13. The minimum absolute atomic E-state index is 0.200. The summed E-state index contributed by atoms with van der Waals surface area (Å²) in [6.07, 6.45) is -1.84. The maximum Gasteiger partial charge on any atom is 0.459 e. The van der Waals surface area contributed by atoms with Crippen molar-refractivity contribution in [1.29, 1.82) is 0 Å². The Labute approximate surface area is 259 Å². The molecule has 242 valence electrons. The number of aromatic nitrogens is 4. The van der Waals surface area contributed by atoms with E-state index in [0.29, 0.717) is 23.1 Å². The molecule has 4 aromatic rings. The van der Waals surface area contributed by atoms with Gasteiger partial charge in [-0.3, -0.25) is 13.9 Å². The molecule has 1 aliphatic heterocycles. The number of halogens is 1. The van der Waals surface area contributed by atoms with Crippen LogP contribution >= 0.6 is 7.75 Å². The van der Waals surface area contributed by atoms with Gasteiger partial charge in [0.15, 0.2) is 23.6 Å². The number of nitrogens with one attached hydrogen (secondary N) is 1. The molecular formula is C30H37FN5O8P. The van der Waals surface area contributed by atoms with Crippen molar-refractivity contribution in [3.05, 3.63) is 54.6 Å². The summed E-state index contributed by atoms with van der Waals surface area (Å²) in [5.41, 5.74) is -1.51. The lowest BCUT2D eigenvalue weighted by Crippen LogP contribution is -2.42. The minimum atomic E-state index is -4.39. The van der Waals surface area contributed by atoms with E-state index in [9.17, 15) is 14.5 Å². The Morgan fingerprint density at radius 3 is 2.76 bits per heavy atom. The van der Waals surface area contributed by atoms with Crippen LogP contribution in [0.3, 0.4) is 0 Å². The molecule has 1 saturated heterocycles. The summed E-state index contributed by atoms with van der Waals surface area (Å²) >= 11 is 0. The maximum atomic E-state index is 15.8. The van der Waals surface area contributed by atoms with E-state index in [-0.39, 0.29) is 23.9 Å². The predicted octanol–water partition coefficient (Wildman–Crippen LogP) is 4.81. The van der Waals surface area contributed by atoms with Crippen LogP contribution in [0.25, 0.3) is 21.9 Å². The number of methoxy groups -OCH3 is 1. The van der Waals surface area contributed by atoms with Crippen LogP contribution in [0.2, 0.25) is 0 Å². The van der Waals surface area contributed by atoms with Crippen molar-refractivity contribution in [2.75, 3.05) is 20.3 Å². The molecule has 3 heterocycles. The molecule has 15 heteroatoms. The van der Waals surface area contributed by atoms with Gasteiger partial charge in [-0.15, -0.1) is 0 Å². The number of carbonyl (C=O) groups excluding carboxylic acids is 1. The summed E-state index contributed by atoms with van der Waals surface area (Å²) in [7, 11) is -2.95. The number of alkyl halides is 1. The van der Waals surface area contributed by atoms with E-state index in [1.807, 2.05) is 25.1 Å². The monoisotopic (exact) mass is 645 g/mol. The van der Waals surface area contributed by atoms with Crippen LogP contribution in [0.4, 0.5) is 4.39 Å². The third-order valence-corrected chi connectivity index (χ3v) is 9.09. The van der Waals surface area contributed by atoms with E-state index < -0.39 is 50.5 Å². The Balaban J connectivity index is 1.40. The van der Waals surface area contributed by atoms with Gasteiger partial charge in [0, 0.05) is 5.39 Å². The number of aryl methyl sites for hydroxylation is 1. The second-order valence-corrected chi connectivity index (χ2v) is 12.7. The molecule has 0 amide bonds. The summed E-state index contributed by atoms with van der Waals surface area (Å²) in [5, 5.41) is 15.4. The summed E-state index contributed by atoms with van der Waals surface area (Å²) in [6.45, 7) is 5.95. The molecule has 2 aromatic heterocycles. The third kappa shape index (κ3) is 6.80. The van der Waals surface area contributed by atoms with Crippen molar-refractivity contribution in [3.63, 3.8) is 0 Å². The van der Waals surface area contributed by atoms with Crippen molar-refractivity contribution in [2.24, 2.45) is 0 Å². The number of imidazole rings is 1. The van der Waals surface area contributed by atoms with Crippen LogP contribution in [0.1, 0.15) is 45.7 Å². The van der Waals surface area contributed by atoms with E-state index in [2.05, 4.69) is 20.0 Å². The SMILES string of the molecule is CCCCOC(=O)[C@H](C)NP(=O)(OC[C@H]1O[C@@H](n2cnc3c(OC)nc(C)nc32)[C@](C)(O)[C@@H]1F)Oc1cccc2ccccc12. The predicted molar refractivity (Wildman–Crippen MR) is 163 cm³/mol. The molecule has 1 fully saturated rings. The number of hydrogen-bond acceptors (Lipinski definition) is 11. The number of benzene rings is 2. The highest BCUT2D eigenvalue weighted by atomic mass is 31.2. The Morgan fingerprint density at radius 2 is 2.00 bits per heavy atom. The van der Waals surface area contributed by atoms with Gasteiger partial charge in [0.2, 0.25) is 5.88 Å². The first-order valence-electron chi connectivity index (χ1n) is 14.6. The molecule has 1 aliphatic rings. The zero-order valence-corrected chi connectivity index (χ0v) is 26.6. The fourth-order valence-electron chi connectivity index (χ4n) is 5.06. The lowest BCUT2D eigenvalue weighted by Gasteiger charge is -2.26. The zero-order valence-electron chi connectivity index (χ0n) is 25.7. The highest BCUT2D eigenvalue weighted by Gasteiger charge is 2.55. The second kappa shape index (κ2) is 13.4. The Morgan fingerprint density at radius 1 is 1.24 bits per heavy atom. The molecule has 13 nitrogen and oxygen atoms in total. The number of unbranched alkanes of at least 4 members (excludes halogenated alkanes) is 1. The first-order valence-corrected chi connectivity index (χ1v) is 16.1. The van der Waals surface area contributed by atoms with Crippen LogP contribution in [-0.4, -0.2) is 74.8 Å². The van der Waals surface area contributed by atoms with Crippen LogP contribution < -0.4 is 14.3 Å². The first-order chi connectivity index (χ1) is 21.5. The molecule has 0 saturated carbocycles. The molecule has 6 atom stereocenters. The maximum absolute atomic E-state index is 15.8. The number of nitrogens with zero attached hydrogens (tertiary/aromatic N) is 4. The number of fused-ring (bicyclic) bond motifs is 2. The van der Waals surface area contributed by atoms with Crippen molar-refractivity contribution in [3.8, 4) is 11.6 Å². The van der Waals surface area contributed by atoms with Gasteiger partial charge in [-0.05, 0) is 38.6 Å². The van der Waals surface area contributed by atoms with Crippen LogP contribution in [0.5, 0.6) is 11.6 Å². The van der Waals surface area contributed by atoms with Gasteiger partial charge in [-0.25, -0.2) is 18.9 Å². The minimum Gasteiger partial charge on any atom is -0.479 e. The first kappa shape index (κ1) is 32.7. The van der Waals surface area contributed by atoms with Crippen molar-refractivity contribution < 1.29 is 42.1 Å². The second-order valence-electron chi connectivity index (χ2n) is 11.0. The number of ether oxygens (including phenoxy) is 3. The quantitative estimate of drug-likeness (QED) is 0.116. The van der Waals surface area contributed by atoms with E-state index >= 15 is 4.39 Å².